The molecule has 5 aromatic rings. The Kier molecular flexibility index (Phi) is 6.30. The van der Waals surface area contributed by atoms with Gasteiger partial charge in [0.05, 0.1) is 11.4 Å². The lowest BCUT2D eigenvalue weighted by atomic mass is 10.1. The van der Waals surface area contributed by atoms with Gasteiger partial charge in [0.15, 0.2) is 0 Å². The van der Waals surface area contributed by atoms with Gasteiger partial charge in [-0.3, -0.25) is 4.90 Å². The molecule has 0 aliphatic heterocycles. The Morgan fingerprint density at radius 2 is 1.14 bits per heavy atom. The molecule has 3 nitrogen and oxygen atoms in total. The molecular formula is C28H19F3N3P. The zero-order valence-electron chi connectivity index (χ0n) is 18.4. The quantitative estimate of drug-likeness (QED) is 0.247. The number of hydrogen-bond donors (Lipinski definition) is 0. The van der Waals surface area contributed by atoms with Gasteiger partial charge in [-0.1, -0.05) is 36.4 Å². The molecule has 0 aliphatic carbocycles. The zero-order valence-corrected chi connectivity index (χ0v) is 19.5. The lowest BCUT2D eigenvalue weighted by Gasteiger charge is -2.24. The van der Waals surface area contributed by atoms with Crippen molar-refractivity contribution >= 4 is 31.9 Å². The molecule has 0 N–H and O–H groups in total. The zero-order chi connectivity index (χ0) is 24.4. The van der Waals surface area contributed by atoms with Crippen LogP contribution < -0.4 is 10.2 Å². The Hall–Kier alpha value is -4.02. The minimum absolute atomic E-state index is 0.183. The van der Waals surface area contributed by atoms with Crippen LogP contribution in [0.3, 0.4) is 0 Å². The third kappa shape index (κ3) is 4.79. The number of anilines is 3. The van der Waals surface area contributed by atoms with Gasteiger partial charge in [0.25, 0.3) is 0 Å². The minimum Gasteiger partial charge on any atom is -0.279 e. The van der Waals surface area contributed by atoms with Gasteiger partial charge in [0, 0.05) is 22.9 Å². The molecule has 0 spiro atoms. The fraction of sp³-hybridized carbons (Fsp3) is 0. The van der Waals surface area contributed by atoms with Gasteiger partial charge >= 0.3 is 0 Å². The number of rotatable bonds is 5. The fourth-order valence-electron chi connectivity index (χ4n) is 3.79. The monoisotopic (exact) mass is 485 g/mol. The highest BCUT2D eigenvalue weighted by molar-refractivity contribution is 7.27. The van der Waals surface area contributed by atoms with Gasteiger partial charge in [-0.15, -0.1) is 9.24 Å². The van der Waals surface area contributed by atoms with Crippen molar-refractivity contribution in [3.05, 3.63) is 121 Å². The first kappa shape index (κ1) is 22.8. The maximum Gasteiger partial charge on any atom is 0.139 e. The second-order valence-electron chi connectivity index (χ2n) is 7.80. The Bertz CT molecular complexity index is 1410. The molecule has 0 aliphatic rings. The van der Waals surface area contributed by atoms with E-state index in [4.69, 9.17) is 4.98 Å². The van der Waals surface area contributed by atoms with Gasteiger partial charge in [-0.25, -0.2) is 23.1 Å². The van der Waals surface area contributed by atoms with Crippen molar-refractivity contribution in [3.8, 4) is 22.5 Å². The van der Waals surface area contributed by atoms with Gasteiger partial charge in [-0.05, 0) is 66.0 Å². The standard InChI is InChI=1S/C28H19F3N3P/c29-18-12-14-21(23(30)16-18)25-8-4-10-27(32-25)34(19-6-2-1-3-7-19)28-11-5-9-26(33-28)22-15-13-20(35)17-24(22)31/h1-17H,35H2. The molecule has 1 unspecified atom stereocenters. The smallest absolute Gasteiger partial charge is 0.139 e. The van der Waals surface area contributed by atoms with Crippen LogP contribution in [0, 0.1) is 17.5 Å². The molecule has 0 radical (unpaired) electrons. The predicted octanol–water partition coefficient (Wildman–Crippen LogP) is 7.20. The molecule has 3 aromatic carbocycles. The highest BCUT2D eigenvalue weighted by Crippen LogP contribution is 2.35. The average molecular weight is 485 g/mol. The fourth-order valence-corrected chi connectivity index (χ4v) is 4.03. The maximum absolute atomic E-state index is 14.7. The van der Waals surface area contributed by atoms with E-state index in [1.165, 1.54) is 18.2 Å². The number of aromatic nitrogens is 2. The van der Waals surface area contributed by atoms with E-state index in [9.17, 15) is 13.2 Å². The van der Waals surface area contributed by atoms with Crippen molar-refractivity contribution in [2.24, 2.45) is 0 Å². The van der Waals surface area contributed by atoms with E-state index in [0.29, 0.717) is 28.6 Å². The first-order valence-electron chi connectivity index (χ1n) is 10.8. The Balaban J connectivity index is 1.64. The van der Waals surface area contributed by atoms with E-state index in [2.05, 4.69) is 14.2 Å². The van der Waals surface area contributed by atoms with Crippen LogP contribution >= 0.6 is 9.24 Å². The topological polar surface area (TPSA) is 29.0 Å². The summed E-state index contributed by atoms with van der Waals surface area (Å²) in [5, 5.41) is 0.738. The first-order chi connectivity index (χ1) is 17.0. The van der Waals surface area contributed by atoms with Crippen LogP contribution in [0.15, 0.2) is 103 Å². The van der Waals surface area contributed by atoms with Crippen LogP contribution in [0.5, 0.6) is 0 Å². The van der Waals surface area contributed by atoms with Crippen LogP contribution in [0.1, 0.15) is 0 Å². The average Bonchev–Trinajstić information content (AvgIpc) is 2.85. The van der Waals surface area contributed by atoms with E-state index in [1.807, 2.05) is 30.3 Å². The summed E-state index contributed by atoms with van der Waals surface area (Å²) >= 11 is 0. The highest BCUT2D eigenvalue weighted by Gasteiger charge is 2.18. The van der Waals surface area contributed by atoms with Gasteiger partial charge in [0.2, 0.25) is 0 Å². The maximum atomic E-state index is 14.7. The number of halogens is 3. The van der Waals surface area contributed by atoms with E-state index in [-0.39, 0.29) is 11.4 Å². The highest BCUT2D eigenvalue weighted by atomic mass is 31.0. The number of hydrogen-bond acceptors (Lipinski definition) is 3. The molecule has 0 bridgehead atoms. The number of para-hydroxylation sites is 1. The summed E-state index contributed by atoms with van der Waals surface area (Å²) in [6.07, 6.45) is 0. The molecule has 1 atom stereocenters. The van der Waals surface area contributed by atoms with Crippen LogP contribution in [-0.2, 0) is 0 Å². The molecule has 0 fully saturated rings. The van der Waals surface area contributed by atoms with Crippen LogP contribution in [0.25, 0.3) is 22.5 Å². The molecule has 0 saturated heterocycles. The van der Waals surface area contributed by atoms with Gasteiger partial charge < -0.3 is 0 Å². The number of benzene rings is 3. The van der Waals surface area contributed by atoms with E-state index in [1.54, 1.807) is 53.4 Å². The van der Waals surface area contributed by atoms with Crippen molar-refractivity contribution in [1.29, 1.82) is 0 Å². The van der Waals surface area contributed by atoms with Gasteiger partial charge in [-0.2, -0.15) is 0 Å². The Labute approximate surface area is 203 Å². The summed E-state index contributed by atoms with van der Waals surface area (Å²) in [5.41, 5.74) is 2.14. The second kappa shape index (κ2) is 9.69. The van der Waals surface area contributed by atoms with Crippen molar-refractivity contribution in [3.63, 3.8) is 0 Å². The molecule has 172 valence electrons. The van der Waals surface area contributed by atoms with Gasteiger partial charge in [0.1, 0.15) is 29.1 Å². The molecule has 5 rings (SSSR count). The summed E-state index contributed by atoms with van der Waals surface area (Å²) in [5.74, 6) is -0.749. The van der Waals surface area contributed by atoms with Crippen LogP contribution in [0.4, 0.5) is 30.5 Å². The summed E-state index contributed by atoms with van der Waals surface area (Å²) in [6.45, 7) is 0. The van der Waals surface area contributed by atoms with Crippen molar-refractivity contribution < 1.29 is 13.2 Å². The lowest BCUT2D eigenvalue weighted by Crippen LogP contribution is -2.13. The molecule has 7 heteroatoms. The molecule has 2 aromatic heterocycles. The second-order valence-corrected chi connectivity index (χ2v) is 8.46. The third-order valence-corrected chi connectivity index (χ3v) is 5.78. The van der Waals surface area contributed by atoms with E-state index in [0.717, 1.165) is 17.1 Å². The third-order valence-electron chi connectivity index (χ3n) is 5.42. The van der Waals surface area contributed by atoms with Crippen molar-refractivity contribution in [2.75, 3.05) is 4.90 Å². The normalized spacial score (nSPS) is 10.9. The van der Waals surface area contributed by atoms with Crippen LogP contribution in [0.2, 0.25) is 0 Å². The SMILES string of the molecule is Fc1ccc(-c2cccc(N(c3ccccc3)c3cccc(-c4ccc(P)cc4F)n3)n2)c(F)c1. The first-order valence-corrected chi connectivity index (χ1v) is 11.4. The largest absolute Gasteiger partial charge is 0.279 e. The van der Waals surface area contributed by atoms with Crippen molar-refractivity contribution in [2.45, 2.75) is 0 Å². The Morgan fingerprint density at radius 3 is 1.71 bits per heavy atom. The number of nitrogens with zero attached hydrogens (tertiary/aromatic N) is 3. The van der Waals surface area contributed by atoms with Crippen LogP contribution in [-0.4, -0.2) is 9.97 Å². The summed E-state index contributed by atoms with van der Waals surface area (Å²) in [7, 11) is 2.47. The number of pyridine rings is 2. The van der Waals surface area contributed by atoms with E-state index >= 15 is 0 Å². The minimum atomic E-state index is -0.700. The Morgan fingerprint density at radius 1 is 0.571 bits per heavy atom. The molecular weight excluding hydrogens is 466 g/mol. The summed E-state index contributed by atoms with van der Waals surface area (Å²) < 4.78 is 42.6. The summed E-state index contributed by atoms with van der Waals surface area (Å²) in [4.78, 5) is 11.2. The predicted molar refractivity (Wildman–Crippen MR) is 137 cm³/mol. The molecule has 0 amide bonds. The molecule has 0 saturated carbocycles. The lowest BCUT2D eigenvalue weighted by molar-refractivity contribution is 0.585. The van der Waals surface area contributed by atoms with Crippen molar-refractivity contribution in [1.82, 2.24) is 9.97 Å². The molecule has 35 heavy (non-hydrogen) atoms. The van der Waals surface area contributed by atoms with E-state index < -0.39 is 11.6 Å². The summed E-state index contributed by atoms with van der Waals surface area (Å²) in [6, 6.07) is 28.3. The molecule has 2 heterocycles.